The van der Waals surface area contributed by atoms with Crippen molar-refractivity contribution in [2.45, 2.75) is 25.9 Å². The fraction of sp³-hybridized carbons (Fsp3) is 0.273. The lowest BCUT2D eigenvalue weighted by Gasteiger charge is -2.30. The second-order valence-corrected chi connectivity index (χ2v) is 7.97. The molecule has 4 rings (SSSR count). The van der Waals surface area contributed by atoms with E-state index in [2.05, 4.69) is 5.10 Å². The Morgan fingerprint density at radius 3 is 2.36 bits per heavy atom. The highest BCUT2D eigenvalue weighted by molar-refractivity contribution is 6.32. The molecule has 1 amide bonds. The van der Waals surface area contributed by atoms with E-state index in [1.807, 2.05) is 53.4 Å². The van der Waals surface area contributed by atoms with Crippen molar-refractivity contribution < 1.29 is 9.90 Å². The van der Waals surface area contributed by atoms with Crippen LogP contribution in [0.2, 0.25) is 5.02 Å². The van der Waals surface area contributed by atoms with E-state index in [0.29, 0.717) is 16.3 Å². The van der Waals surface area contributed by atoms with Gasteiger partial charge in [0, 0.05) is 24.2 Å². The number of carbonyl (C=O) groups excluding carboxylic acids is 1. The minimum Gasteiger partial charge on any atom is -0.384 e. The number of nitrogens with zero attached hydrogens (tertiary/aromatic N) is 3. The summed E-state index contributed by atoms with van der Waals surface area (Å²) in [6, 6.07) is 16.8. The fourth-order valence-electron chi connectivity index (χ4n) is 3.18. The molecular formula is C22H22ClN3O2. The number of aliphatic hydroxyl groups is 1. The molecule has 1 N–H and O–H groups in total. The van der Waals surface area contributed by atoms with Gasteiger partial charge in [0.2, 0.25) is 0 Å². The Balaban J connectivity index is 1.77. The van der Waals surface area contributed by atoms with Gasteiger partial charge in [-0.2, -0.15) is 5.10 Å². The van der Waals surface area contributed by atoms with Gasteiger partial charge in [0.1, 0.15) is 5.60 Å². The Kier molecular flexibility index (Phi) is 4.73. The summed E-state index contributed by atoms with van der Waals surface area (Å²) in [6.45, 7) is 5.05. The molecule has 0 spiro atoms. The smallest absolute Gasteiger partial charge is 0.253 e. The maximum Gasteiger partial charge on any atom is 0.253 e. The Bertz CT molecular complexity index is 1020. The Hall–Kier alpha value is -2.63. The molecule has 28 heavy (non-hydrogen) atoms. The third-order valence-electron chi connectivity index (χ3n) is 4.99. The number of likely N-dealkylation sites (tertiary alicyclic amines) is 1. The van der Waals surface area contributed by atoms with Crippen LogP contribution in [-0.2, 0) is 5.60 Å². The second-order valence-electron chi connectivity index (χ2n) is 7.56. The van der Waals surface area contributed by atoms with Crippen LogP contribution in [-0.4, -0.2) is 38.8 Å². The first kappa shape index (κ1) is 18.7. The van der Waals surface area contributed by atoms with Crippen molar-refractivity contribution in [3.05, 3.63) is 70.9 Å². The van der Waals surface area contributed by atoms with Crippen molar-refractivity contribution >= 4 is 17.5 Å². The molecule has 1 aliphatic heterocycles. The highest BCUT2D eigenvalue weighted by Gasteiger charge is 2.24. The van der Waals surface area contributed by atoms with Gasteiger partial charge < -0.3 is 10.0 Å². The molecule has 3 aromatic rings. The van der Waals surface area contributed by atoms with Crippen LogP contribution in [0, 0.1) is 0 Å². The van der Waals surface area contributed by atoms with E-state index in [9.17, 15) is 9.90 Å². The van der Waals surface area contributed by atoms with Crippen molar-refractivity contribution in [3.8, 4) is 16.9 Å². The number of halogens is 1. The molecule has 1 aliphatic rings. The first-order valence-corrected chi connectivity index (χ1v) is 9.70. The Labute approximate surface area is 169 Å². The molecule has 0 radical (unpaired) electrons. The van der Waals surface area contributed by atoms with Crippen molar-refractivity contribution in [1.29, 1.82) is 0 Å². The Morgan fingerprint density at radius 1 is 1.11 bits per heavy atom. The van der Waals surface area contributed by atoms with E-state index in [-0.39, 0.29) is 5.91 Å². The average Bonchev–Trinajstić information content (AvgIpc) is 3.06. The van der Waals surface area contributed by atoms with Gasteiger partial charge in [-0.1, -0.05) is 35.9 Å². The summed E-state index contributed by atoms with van der Waals surface area (Å²) in [6.07, 6.45) is 1.07. The van der Waals surface area contributed by atoms with E-state index in [4.69, 9.17) is 11.6 Å². The molecule has 0 atom stereocenters. The number of hydrogen-bond acceptors (Lipinski definition) is 3. The van der Waals surface area contributed by atoms with E-state index in [0.717, 1.165) is 36.5 Å². The largest absolute Gasteiger partial charge is 0.384 e. The van der Waals surface area contributed by atoms with Gasteiger partial charge in [0.25, 0.3) is 5.91 Å². The minimum absolute atomic E-state index is 0.0644. The number of amides is 1. The van der Waals surface area contributed by atoms with Gasteiger partial charge in [-0.3, -0.25) is 4.79 Å². The van der Waals surface area contributed by atoms with Crippen LogP contribution in [0.1, 0.15) is 36.3 Å². The van der Waals surface area contributed by atoms with Gasteiger partial charge in [0.15, 0.2) is 0 Å². The summed E-state index contributed by atoms with van der Waals surface area (Å²) in [4.78, 5) is 14.2. The summed E-state index contributed by atoms with van der Waals surface area (Å²) < 4.78 is 1.74. The van der Waals surface area contributed by atoms with Crippen LogP contribution < -0.4 is 0 Å². The molecule has 6 heteroatoms. The van der Waals surface area contributed by atoms with E-state index in [1.54, 1.807) is 24.6 Å². The predicted molar refractivity (Wildman–Crippen MR) is 110 cm³/mol. The molecule has 0 unspecified atom stereocenters. The van der Waals surface area contributed by atoms with E-state index >= 15 is 0 Å². The lowest BCUT2D eigenvalue weighted by molar-refractivity contribution is 0.0651. The van der Waals surface area contributed by atoms with Crippen molar-refractivity contribution in [2.24, 2.45) is 0 Å². The van der Waals surface area contributed by atoms with Crippen LogP contribution in [0.4, 0.5) is 0 Å². The topological polar surface area (TPSA) is 58.4 Å². The normalized spacial score (nSPS) is 14.1. The first-order valence-electron chi connectivity index (χ1n) is 9.32. The van der Waals surface area contributed by atoms with Crippen molar-refractivity contribution in [2.75, 3.05) is 13.1 Å². The lowest BCUT2D eigenvalue weighted by atomic mass is 10.0. The third-order valence-corrected chi connectivity index (χ3v) is 5.31. The summed E-state index contributed by atoms with van der Waals surface area (Å²) >= 11 is 6.39. The summed E-state index contributed by atoms with van der Waals surface area (Å²) in [5.41, 5.74) is 2.55. The van der Waals surface area contributed by atoms with Gasteiger partial charge in [-0.05, 0) is 50.6 Å². The lowest BCUT2D eigenvalue weighted by Crippen LogP contribution is -2.41. The standard InChI is InChI=1S/C22H22ClN3O2/c1-22(2,28)20-14-19(26(24-20)18-7-4-3-6-17(18)23)15-8-10-16(11-9-15)21(27)25-12-5-13-25/h3-4,6-11,14,28H,5,12-13H2,1-2H3. The number of rotatable bonds is 4. The van der Waals surface area contributed by atoms with Crippen LogP contribution >= 0.6 is 11.6 Å². The number of aromatic nitrogens is 2. The first-order chi connectivity index (χ1) is 13.3. The molecule has 144 valence electrons. The molecule has 2 aromatic carbocycles. The van der Waals surface area contributed by atoms with Crippen LogP contribution in [0.3, 0.4) is 0 Å². The maximum atomic E-state index is 12.4. The van der Waals surface area contributed by atoms with E-state index < -0.39 is 5.60 Å². The van der Waals surface area contributed by atoms with Crippen molar-refractivity contribution in [3.63, 3.8) is 0 Å². The monoisotopic (exact) mass is 395 g/mol. The summed E-state index contributed by atoms with van der Waals surface area (Å²) in [7, 11) is 0. The van der Waals surface area contributed by atoms with Crippen molar-refractivity contribution in [1.82, 2.24) is 14.7 Å². The maximum absolute atomic E-state index is 12.4. The predicted octanol–water partition coefficient (Wildman–Crippen LogP) is 4.27. The summed E-state index contributed by atoms with van der Waals surface area (Å²) in [5.74, 6) is 0.0644. The summed E-state index contributed by atoms with van der Waals surface area (Å²) in [5, 5.41) is 15.6. The molecule has 5 nitrogen and oxygen atoms in total. The number of para-hydroxylation sites is 1. The molecule has 0 aliphatic carbocycles. The van der Waals surface area contributed by atoms with Gasteiger partial charge in [0.05, 0.1) is 22.1 Å². The fourth-order valence-corrected chi connectivity index (χ4v) is 3.39. The highest BCUT2D eigenvalue weighted by atomic mass is 35.5. The number of benzene rings is 2. The van der Waals surface area contributed by atoms with E-state index in [1.165, 1.54) is 0 Å². The van der Waals surface area contributed by atoms with Gasteiger partial charge in [-0.25, -0.2) is 4.68 Å². The quantitative estimate of drug-likeness (QED) is 0.717. The number of hydrogen-bond donors (Lipinski definition) is 1. The molecule has 1 fully saturated rings. The molecule has 2 heterocycles. The SMILES string of the molecule is CC(C)(O)c1cc(-c2ccc(C(=O)N3CCC3)cc2)n(-c2ccccc2Cl)n1. The molecule has 0 saturated carbocycles. The zero-order valence-corrected chi connectivity index (χ0v) is 16.6. The van der Waals surface area contributed by atoms with Gasteiger partial charge in [-0.15, -0.1) is 0 Å². The average molecular weight is 396 g/mol. The zero-order chi connectivity index (χ0) is 19.9. The van der Waals surface area contributed by atoms with Gasteiger partial charge >= 0.3 is 0 Å². The van der Waals surface area contributed by atoms with Crippen LogP contribution in [0.25, 0.3) is 16.9 Å². The minimum atomic E-state index is -1.09. The molecular weight excluding hydrogens is 374 g/mol. The molecule has 1 saturated heterocycles. The number of carbonyl (C=O) groups is 1. The molecule has 0 bridgehead atoms. The molecule has 1 aromatic heterocycles. The van der Waals surface area contributed by atoms with Crippen LogP contribution in [0.5, 0.6) is 0 Å². The Morgan fingerprint density at radius 2 is 1.79 bits per heavy atom. The zero-order valence-electron chi connectivity index (χ0n) is 15.9. The van der Waals surface area contributed by atoms with Crippen LogP contribution in [0.15, 0.2) is 54.6 Å². The second kappa shape index (κ2) is 7.08. The third kappa shape index (κ3) is 3.43. The highest BCUT2D eigenvalue weighted by Crippen LogP contribution is 2.31.